The molecule has 120 valence electrons. The molecule has 22 heavy (non-hydrogen) atoms. The number of aryl methyl sites for hydroxylation is 1. The van der Waals surface area contributed by atoms with E-state index in [9.17, 15) is 8.42 Å². The van der Waals surface area contributed by atoms with E-state index in [1.165, 1.54) is 11.1 Å². The Morgan fingerprint density at radius 3 is 3.00 bits per heavy atom. The van der Waals surface area contributed by atoms with Crippen molar-refractivity contribution in [2.45, 2.75) is 26.1 Å². The quantitative estimate of drug-likeness (QED) is 0.868. The largest absolute Gasteiger partial charge is 0.328 e. The molecule has 3 heterocycles. The summed E-state index contributed by atoms with van der Waals surface area (Å²) in [7, 11) is -3.19. The smallest absolute Gasteiger partial charge is 0.208 e. The molecule has 0 saturated carbocycles. The first kappa shape index (κ1) is 15.6. The summed E-state index contributed by atoms with van der Waals surface area (Å²) in [6.45, 7) is 4.82. The van der Waals surface area contributed by atoms with Crippen LogP contribution in [0.5, 0.6) is 0 Å². The van der Waals surface area contributed by atoms with Gasteiger partial charge in [0.1, 0.15) is 0 Å². The minimum absolute atomic E-state index is 0.0502. The summed E-state index contributed by atoms with van der Waals surface area (Å²) in [5.41, 5.74) is 4.03. The van der Waals surface area contributed by atoms with Gasteiger partial charge in [-0.05, 0) is 6.92 Å². The van der Waals surface area contributed by atoms with Crippen LogP contribution in [0.2, 0.25) is 0 Å². The Bertz CT molecular complexity index is 752. The van der Waals surface area contributed by atoms with Crippen LogP contribution in [-0.2, 0) is 23.1 Å². The lowest BCUT2D eigenvalue weighted by Crippen LogP contribution is -2.41. The van der Waals surface area contributed by atoms with Crippen molar-refractivity contribution in [1.82, 2.24) is 24.2 Å². The molecule has 3 rings (SSSR count). The summed E-state index contributed by atoms with van der Waals surface area (Å²) in [5.74, 6) is 0. The summed E-state index contributed by atoms with van der Waals surface area (Å²) in [6.07, 6.45) is 4.81. The molecule has 0 radical (unpaired) electrons. The fourth-order valence-corrected chi connectivity index (χ4v) is 3.99. The number of hydrogen-bond acceptors (Lipinski definition) is 6. The Morgan fingerprint density at radius 2 is 2.32 bits per heavy atom. The first-order valence-electron chi connectivity index (χ1n) is 6.99. The molecule has 7 nitrogen and oxygen atoms in total. The zero-order valence-electron chi connectivity index (χ0n) is 12.6. The minimum Gasteiger partial charge on any atom is -0.328 e. The van der Waals surface area contributed by atoms with Crippen LogP contribution in [-0.4, -0.2) is 47.2 Å². The molecule has 0 saturated heterocycles. The standard InChI is InChI=1S/C13H19N5O2S2/c1-10-13(21-9-15-10)7-17-5-11-3-14-8-18(11)12(6-17)4-16-22(2,19)20/h3,8-9,12,16H,4-7H2,1-2H3. The van der Waals surface area contributed by atoms with E-state index in [1.54, 1.807) is 17.7 Å². The van der Waals surface area contributed by atoms with E-state index in [1.807, 2.05) is 18.6 Å². The van der Waals surface area contributed by atoms with E-state index in [0.717, 1.165) is 31.0 Å². The molecule has 0 aromatic carbocycles. The summed E-state index contributed by atoms with van der Waals surface area (Å²) in [5, 5.41) is 0. The molecule has 2 aromatic heterocycles. The van der Waals surface area contributed by atoms with Crippen LogP contribution < -0.4 is 4.72 Å². The zero-order valence-corrected chi connectivity index (χ0v) is 14.2. The van der Waals surface area contributed by atoms with Crippen LogP contribution in [0.15, 0.2) is 18.0 Å². The number of sulfonamides is 1. The third-order valence-electron chi connectivity index (χ3n) is 3.79. The molecule has 1 N–H and O–H groups in total. The lowest BCUT2D eigenvalue weighted by atomic mass is 10.2. The normalized spacial score (nSPS) is 19.3. The van der Waals surface area contributed by atoms with E-state index in [2.05, 4.69) is 24.2 Å². The first-order chi connectivity index (χ1) is 10.4. The number of nitrogens with zero attached hydrogens (tertiary/aromatic N) is 4. The second-order valence-corrected chi connectivity index (χ2v) is 8.37. The molecule has 1 aliphatic rings. The van der Waals surface area contributed by atoms with Crippen molar-refractivity contribution in [3.8, 4) is 0 Å². The van der Waals surface area contributed by atoms with Gasteiger partial charge in [-0.15, -0.1) is 11.3 Å². The van der Waals surface area contributed by atoms with Crippen LogP contribution in [0.4, 0.5) is 0 Å². The molecule has 1 aliphatic heterocycles. The van der Waals surface area contributed by atoms with Crippen molar-refractivity contribution in [2.75, 3.05) is 19.3 Å². The maximum atomic E-state index is 11.4. The van der Waals surface area contributed by atoms with Crippen LogP contribution in [0.1, 0.15) is 22.3 Å². The molecule has 0 spiro atoms. The fourth-order valence-electron chi connectivity index (χ4n) is 2.67. The van der Waals surface area contributed by atoms with Crippen molar-refractivity contribution in [3.63, 3.8) is 0 Å². The van der Waals surface area contributed by atoms with Gasteiger partial charge in [-0.2, -0.15) is 0 Å². The summed E-state index contributed by atoms with van der Waals surface area (Å²) in [6, 6.07) is 0.0502. The van der Waals surface area contributed by atoms with Crippen LogP contribution >= 0.6 is 11.3 Å². The zero-order chi connectivity index (χ0) is 15.7. The Morgan fingerprint density at radius 1 is 1.50 bits per heavy atom. The van der Waals surface area contributed by atoms with E-state index in [-0.39, 0.29) is 6.04 Å². The van der Waals surface area contributed by atoms with Crippen molar-refractivity contribution in [3.05, 3.63) is 34.3 Å². The van der Waals surface area contributed by atoms with Crippen LogP contribution in [0, 0.1) is 6.92 Å². The molecule has 0 amide bonds. The average Bonchev–Trinajstić information content (AvgIpc) is 3.05. The van der Waals surface area contributed by atoms with Gasteiger partial charge in [0.2, 0.25) is 10.0 Å². The van der Waals surface area contributed by atoms with Gasteiger partial charge in [-0.3, -0.25) is 4.90 Å². The van der Waals surface area contributed by atoms with Gasteiger partial charge in [0.25, 0.3) is 0 Å². The highest BCUT2D eigenvalue weighted by Crippen LogP contribution is 2.24. The van der Waals surface area contributed by atoms with E-state index in [0.29, 0.717) is 6.54 Å². The maximum Gasteiger partial charge on any atom is 0.208 e. The number of fused-ring (bicyclic) bond motifs is 1. The molecule has 0 aliphatic carbocycles. The number of thiazole rings is 1. The number of rotatable bonds is 5. The Hall–Kier alpha value is -1.29. The van der Waals surface area contributed by atoms with Crippen molar-refractivity contribution < 1.29 is 8.42 Å². The number of nitrogens with one attached hydrogen (secondary N) is 1. The predicted octanol–water partition coefficient (Wildman–Crippen LogP) is 0.754. The molecule has 1 atom stereocenters. The van der Waals surface area contributed by atoms with Gasteiger partial charge in [0, 0.05) is 37.3 Å². The predicted molar refractivity (Wildman–Crippen MR) is 85.1 cm³/mol. The average molecular weight is 341 g/mol. The highest BCUT2D eigenvalue weighted by molar-refractivity contribution is 7.88. The molecule has 9 heteroatoms. The van der Waals surface area contributed by atoms with Crippen LogP contribution in [0.3, 0.4) is 0 Å². The fraction of sp³-hybridized carbons (Fsp3) is 0.538. The van der Waals surface area contributed by atoms with Gasteiger partial charge in [-0.25, -0.2) is 23.1 Å². The highest BCUT2D eigenvalue weighted by atomic mass is 32.2. The summed E-state index contributed by atoms with van der Waals surface area (Å²) in [4.78, 5) is 12.0. The van der Waals surface area contributed by atoms with Gasteiger partial charge < -0.3 is 4.57 Å². The summed E-state index contributed by atoms with van der Waals surface area (Å²) < 4.78 is 27.4. The third kappa shape index (κ3) is 3.54. The van der Waals surface area contributed by atoms with Gasteiger partial charge in [0.05, 0.1) is 35.5 Å². The van der Waals surface area contributed by atoms with Gasteiger partial charge in [-0.1, -0.05) is 0 Å². The van der Waals surface area contributed by atoms with Crippen molar-refractivity contribution in [2.24, 2.45) is 0 Å². The third-order valence-corrected chi connectivity index (χ3v) is 5.40. The number of aromatic nitrogens is 3. The second kappa shape index (κ2) is 6.07. The molecular weight excluding hydrogens is 322 g/mol. The molecule has 1 unspecified atom stereocenters. The van der Waals surface area contributed by atoms with E-state index in [4.69, 9.17) is 0 Å². The minimum atomic E-state index is -3.19. The highest BCUT2D eigenvalue weighted by Gasteiger charge is 2.26. The molecule has 0 bridgehead atoms. The Balaban J connectivity index is 1.75. The molecule has 2 aromatic rings. The lowest BCUT2D eigenvalue weighted by Gasteiger charge is -2.34. The number of hydrogen-bond donors (Lipinski definition) is 1. The van der Waals surface area contributed by atoms with E-state index >= 15 is 0 Å². The van der Waals surface area contributed by atoms with Crippen molar-refractivity contribution in [1.29, 1.82) is 0 Å². The van der Waals surface area contributed by atoms with E-state index < -0.39 is 10.0 Å². The second-order valence-electron chi connectivity index (χ2n) is 5.60. The van der Waals surface area contributed by atoms with Crippen LogP contribution in [0.25, 0.3) is 0 Å². The lowest BCUT2D eigenvalue weighted by molar-refractivity contribution is 0.179. The summed E-state index contributed by atoms with van der Waals surface area (Å²) >= 11 is 1.66. The monoisotopic (exact) mass is 341 g/mol. The van der Waals surface area contributed by atoms with Crippen molar-refractivity contribution >= 4 is 21.4 Å². The first-order valence-corrected chi connectivity index (χ1v) is 9.76. The Labute approximate surface area is 134 Å². The topological polar surface area (TPSA) is 80.1 Å². The number of imidazole rings is 1. The Kier molecular flexibility index (Phi) is 4.31. The SMILES string of the molecule is Cc1ncsc1CN1Cc2cncn2C(CNS(C)(=O)=O)C1. The van der Waals surface area contributed by atoms with Gasteiger partial charge >= 0.3 is 0 Å². The molecular formula is C13H19N5O2S2. The maximum absolute atomic E-state index is 11.4. The van der Waals surface area contributed by atoms with Gasteiger partial charge in [0.15, 0.2) is 0 Å². The molecule has 0 fully saturated rings.